The summed E-state index contributed by atoms with van der Waals surface area (Å²) in [5.41, 5.74) is 13.6. The summed E-state index contributed by atoms with van der Waals surface area (Å²) in [4.78, 5) is 5.43. The molecule has 0 saturated heterocycles. The summed E-state index contributed by atoms with van der Waals surface area (Å²) in [5, 5.41) is 4.33. The Kier molecular flexibility index (Phi) is 7.05. The van der Waals surface area contributed by atoms with Gasteiger partial charge in [-0.15, -0.1) is 0 Å². The van der Waals surface area contributed by atoms with Crippen LogP contribution in [0.4, 0.5) is 0 Å². The van der Waals surface area contributed by atoms with Gasteiger partial charge in [0.25, 0.3) is 0 Å². The van der Waals surface area contributed by atoms with E-state index in [1.165, 1.54) is 33.5 Å². The summed E-state index contributed by atoms with van der Waals surface area (Å²) in [5.74, 6) is 1.41. The molecule has 6 aromatic carbocycles. The monoisotopic (exact) mass is 666 g/mol. The van der Waals surface area contributed by atoms with Gasteiger partial charge < -0.3 is 8.83 Å². The molecule has 0 atom stereocenters. The number of aromatic nitrogens is 2. The Hall–Kier alpha value is -5.61. The molecule has 0 aliphatic carbocycles. The first-order valence-corrected chi connectivity index (χ1v) is 18.1. The molecule has 252 valence electrons. The second-order valence-corrected chi connectivity index (χ2v) is 15.6. The number of benzene rings is 6. The first-order valence-electron chi connectivity index (χ1n) is 18.1. The maximum atomic E-state index is 7.09. The molecule has 3 aromatic heterocycles. The van der Waals surface area contributed by atoms with Gasteiger partial charge >= 0.3 is 0 Å². The molecule has 0 radical (unpaired) electrons. The van der Waals surface area contributed by atoms with Gasteiger partial charge in [0.05, 0.1) is 22.3 Å². The van der Waals surface area contributed by atoms with Crippen molar-refractivity contribution < 1.29 is 8.83 Å². The number of imidazole rings is 1. The van der Waals surface area contributed by atoms with E-state index in [9.17, 15) is 0 Å². The summed E-state index contributed by atoms with van der Waals surface area (Å²) in [6, 6.07) is 41.1. The van der Waals surface area contributed by atoms with E-state index in [0.29, 0.717) is 0 Å². The van der Waals surface area contributed by atoms with Crippen LogP contribution in [0.3, 0.4) is 0 Å². The molecule has 0 saturated carbocycles. The second kappa shape index (κ2) is 11.5. The summed E-state index contributed by atoms with van der Waals surface area (Å²) in [6.07, 6.45) is 0. The molecule has 9 rings (SSSR count). The Morgan fingerprint density at radius 2 is 1.24 bits per heavy atom. The minimum atomic E-state index is -0.126. The van der Waals surface area contributed by atoms with Crippen LogP contribution in [0, 0.1) is 0 Å². The van der Waals surface area contributed by atoms with E-state index in [1.807, 2.05) is 12.1 Å². The van der Waals surface area contributed by atoms with Gasteiger partial charge in [-0.1, -0.05) is 115 Å². The Balaban J connectivity index is 1.41. The number of nitrogens with zero attached hydrogens (tertiary/aromatic N) is 2. The predicted octanol–water partition coefficient (Wildman–Crippen LogP) is 13.7. The average Bonchev–Trinajstić information content (AvgIpc) is 3.82. The van der Waals surface area contributed by atoms with Crippen LogP contribution in [-0.2, 0) is 5.41 Å². The van der Waals surface area contributed by atoms with E-state index >= 15 is 0 Å². The van der Waals surface area contributed by atoms with Gasteiger partial charge in [-0.2, -0.15) is 0 Å². The highest BCUT2D eigenvalue weighted by Gasteiger charge is 2.29. The lowest BCUT2D eigenvalue weighted by molar-refractivity contribution is 0.594. The third kappa shape index (κ3) is 4.84. The van der Waals surface area contributed by atoms with Crippen molar-refractivity contribution in [3.8, 4) is 28.2 Å². The lowest BCUT2D eigenvalue weighted by Crippen LogP contribution is -2.12. The van der Waals surface area contributed by atoms with Crippen LogP contribution in [0.2, 0.25) is 0 Å². The zero-order valence-electron chi connectivity index (χ0n) is 30.3. The maximum absolute atomic E-state index is 7.09. The van der Waals surface area contributed by atoms with Crippen molar-refractivity contribution in [1.82, 2.24) is 9.55 Å². The van der Waals surface area contributed by atoms with Crippen LogP contribution < -0.4 is 0 Å². The van der Waals surface area contributed by atoms with Crippen molar-refractivity contribution in [3.63, 3.8) is 0 Å². The van der Waals surface area contributed by atoms with Gasteiger partial charge in [-0.25, -0.2) is 4.98 Å². The number of hydrogen-bond acceptors (Lipinski definition) is 3. The Morgan fingerprint density at radius 3 is 1.96 bits per heavy atom. The quantitative estimate of drug-likeness (QED) is 0.184. The van der Waals surface area contributed by atoms with Gasteiger partial charge in [-0.3, -0.25) is 4.57 Å². The van der Waals surface area contributed by atoms with Crippen LogP contribution >= 0.6 is 0 Å². The number of hydrogen-bond donors (Lipinski definition) is 0. The topological polar surface area (TPSA) is 44.1 Å². The molecular formula is C47H42N2O2. The number of fused-ring (bicyclic) bond motifs is 8. The van der Waals surface area contributed by atoms with Gasteiger partial charge in [0.1, 0.15) is 17.0 Å². The SMILES string of the molecule is CC(C)c1cc(-c2ccccc2)cc(C(C)C)c1-n1c(-c2ccc(C(C)(C)C)c3c2oc2c3ccc3c4ccccc4oc32)nc2ccccc21. The smallest absolute Gasteiger partial charge is 0.178 e. The molecule has 3 heterocycles. The van der Waals surface area contributed by atoms with Crippen molar-refractivity contribution in [1.29, 1.82) is 0 Å². The van der Waals surface area contributed by atoms with Gasteiger partial charge in [0.2, 0.25) is 0 Å². The van der Waals surface area contributed by atoms with E-state index in [2.05, 4.69) is 156 Å². The third-order valence-corrected chi connectivity index (χ3v) is 10.5. The molecule has 4 heteroatoms. The Morgan fingerprint density at radius 1 is 0.588 bits per heavy atom. The van der Waals surface area contributed by atoms with Crippen LogP contribution in [-0.4, -0.2) is 9.55 Å². The zero-order valence-corrected chi connectivity index (χ0v) is 30.3. The fraction of sp³-hybridized carbons (Fsp3) is 0.213. The highest BCUT2D eigenvalue weighted by atomic mass is 16.4. The fourth-order valence-electron chi connectivity index (χ4n) is 7.97. The first-order chi connectivity index (χ1) is 24.6. The lowest BCUT2D eigenvalue weighted by atomic mass is 9.83. The summed E-state index contributed by atoms with van der Waals surface area (Å²) < 4.78 is 16.0. The van der Waals surface area contributed by atoms with E-state index in [-0.39, 0.29) is 17.3 Å². The van der Waals surface area contributed by atoms with E-state index in [4.69, 9.17) is 13.8 Å². The summed E-state index contributed by atoms with van der Waals surface area (Å²) in [7, 11) is 0. The van der Waals surface area contributed by atoms with Crippen LogP contribution in [0.15, 0.2) is 124 Å². The standard InChI is InChI=1S/C47H42N2O2/c1-27(2)35-25-30(29-15-9-8-10-16-29)26-36(28(3)4)42(35)49-39-19-13-12-18-38(39)48-46(49)34-23-24-37(47(5,6)7)41-33-22-21-32-31-17-11-14-20-40(31)50-44(32)45(33)51-43(34)41/h8-28H,1-7H3. The Bertz CT molecular complexity index is 2750. The number of rotatable bonds is 5. The van der Waals surface area contributed by atoms with E-state index < -0.39 is 0 Å². The minimum absolute atomic E-state index is 0.126. The highest BCUT2D eigenvalue weighted by Crippen LogP contribution is 2.47. The molecule has 0 N–H and O–H groups in total. The molecule has 0 spiro atoms. The van der Waals surface area contributed by atoms with Gasteiger partial charge in [0, 0.05) is 21.5 Å². The van der Waals surface area contributed by atoms with Crippen molar-refractivity contribution in [2.24, 2.45) is 0 Å². The summed E-state index contributed by atoms with van der Waals surface area (Å²) in [6.45, 7) is 16.0. The molecule has 51 heavy (non-hydrogen) atoms. The first kappa shape index (κ1) is 31.4. The molecule has 0 unspecified atom stereocenters. The van der Waals surface area contributed by atoms with Crippen molar-refractivity contribution >= 4 is 54.9 Å². The highest BCUT2D eigenvalue weighted by molar-refractivity contribution is 6.21. The average molecular weight is 667 g/mol. The van der Waals surface area contributed by atoms with Crippen molar-refractivity contribution in [3.05, 3.63) is 132 Å². The van der Waals surface area contributed by atoms with Crippen molar-refractivity contribution in [2.75, 3.05) is 0 Å². The maximum Gasteiger partial charge on any atom is 0.178 e. The summed E-state index contributed by atoms with van der Waals surface area (Å²) >= 11 is 0. The minimum Gasteiger partial charge on any atom is -0.452 e. The number of furan rings is 2. The Labute approximate surface area is 298 Å². The van der Waals surface area contributed by atoms with Crippen LogP contribution in [0.5, 0.6) is 0 Å². The van der Waals surface area contributed by atoms with Gasteiger partial charge in [0.15, 0.2) is 11.2 Å². The second-order valence-electron chi connectivity index (χ2n) is 15.6. The van der Waals surface area contributed by atoms with Crippen LogP contribution in [0.25, 0.3) is 83.1 Å². The van der Waals surface area contributed by atoms with E-state index in [0.717, 1.165) is 66.3 Å². The molecule has 9 aromatic rings. The van der Waals surface area contributed by atoms with Crippen molar-refractivity contribution in [2.45, 2.75) is 65.7 Å². The molecule has 0 aliphatic rings. The van der Waals surface area contributed by atoms with Gasteiger partial charge in [-0.05, 0) is 93.6 Å². The molecule has 0 bridgehead atoms. The zero-order chi connectivity index (χ0) is 35.2. The predicted molar refractivity (Wildman–Crippen MR) is 213 cm³/mol. The molecule has 0 fully saturated rings. The molecule has 0 aliphatic heterocycles. The molecular weight excluding hydrogens is 625 g/mol. The molecule has 4 nitrogen and oxygen atoms in total. The molecule has 0 amide bonds. The third-order valence-electron chi connectivity index (χ3n) is 10.5. The largest absolute Gasteiger partial charge is 0.452 e. The fourth-order valence-corrected chi connectivity index (χ4v) is 7.97. The van der Waals surface area contributed by atoms with Crippen LogP contribution in [0.1, 0.15) is 77.0 Å². The number of para-hydroxylation sites is 3. The normalized spacial score (nSPS) is 12.6. The lowest BCUT2D eigenvalue weighted by Gasteiger charge is -2.25. The van der Waals surface area contributed by atoms with E-state index in [1.54, 1.807) is 0 Å².